The van der Waals surface area contributed by atoms with Gasteiger partial charge in [-0.2, -0.15) is 5.26 Å². The van der Waals surface area contributed by atoms with E-state index in [1.54, 1.807) is 18.2 Å². The molecule has 0 amide bonds. The number of fused-ring (bicyclic) bond motifs is 3. The van der Waals surface area contributed by atoms with Gasteiger partial charge >= 0.3 is 0 Å². The molecule has 0 fully saturated rings. The van der Waals surface area contributed by atoms with Gasteiger partial charge in [0.25, 0.3) is 0 Å². The Kier molecular flexibility index (Phi) is 4.88. The molecule has 0 saturated heterocycles. The first-order valence-electron chi connectivity index (χ1n) is 11.4. The quantitative estimate of drug-likeness (QED) is 0.251. The van der Waals surface area contributed by atoms with Crippen LogP contribution in [-0.4, -0.2) is 4.57 Å². The molecule has 0 unspecified atom stereocenters. The van der Waals surface area contributed by atoms with Gasteiger partial charge in [0.1, 0.15) is 0 Å². The maximum atomic E-state index is 10.00. The Labute approximate surface area is 203 Å². The van der Waals surface area contributed by atoms with Crippen LogP contribution >= 0.6 is 0 Å². The van der Waals surface area contributed by atoms with E-state index in [9.17, 15) is 5.26 Å². The van der Waals surface area contributed by atoms with E-state index in [2.05, 4.69) is 64.0 Å². The molecular formula is C32H19N3. The van der Waals surface area contributed by atoms with E-state index in [-0.39, 0.29) is 0 Å². The molecule has 162 valence electrons. The van der Waals surface area contributed by atoms with Gasteiger partial charge in [0, 0.05) is 27.6 Å². The van der Waals surface area contributed by atoms with E-state index >= 15 is 0 Å². The Balaban J connectivity index is 1.86. The zero-order valence-corrected chi connectivity index (χ0v) is 18.8. The summed E-state index contributed by atoms with van der Waals surface area (Å²) in [6.45, 7) is 7.84. The minimum absolute atomic E-state index is 0.479. The second-order valence-electron chi connectivity index (χ2n) is 8.40. The second kappa shape index (κ2) is 8.34. The molecule has 1 heterocycles. The van der Waals surface area contributed by atoms with Gasteiger partial charge in [-0.15, -0.1) is 0 Å². The van der Waals surface area contributed by atoms with Gasteiger partial charge in [-0.25, -0.2) is 4.85 Å². The zero-order chi connectivity index (χ0) is 23.8. The third-order valence-electron chi connectivity index (χ3n) is 6.45. The summed E-state index contributed by atoms with van der Waals surface area (Å²) < 4.78 is 2.27. The molecule has 0 aliphatic heterocycles. The maximum absolute atomic E-state index is 10.00. The second-order valence-corrected chi connectivity index (χ2v) is 8.40. The summed E-state index contributed by atoms with van der Waals surface area (Å²) in [6, 6.07) is 40.9. The van der Waals surface area contributed by atoms with Crippen LogP contribution in [0, 0.1) is 17.9 Å². The summed E-state index contributed by atoms with van der Waals surface area (Å²) in [7, 11) is 0. The lowest BCUT2D eigenvalue weighted by atomic mass is 9.91. The van der Waals surface area contributed by atoms with Crippen LogP contribution in [0.25, 0.3) is 54.6 Å². The molecule has 0 aliphatic rings. The first kappa shape index (κ1) is 20.5. The lowest BCUT2D eigenvalue weighted by Crippen LogP contribution is -1.94. The van der Waals surface area contributed by atoms with Gasteiger partial charge in [-0.1, -0.05) is 78.9 Å². The van der Waals surface area contributed by atoms with Crippen LogP contribution in [0.15, 0.2) is 115 Å². The van der Waals surface area contributed by atoms with Crippen LogP contribution in [0.4, 0.5) is 5.69 Å². The molecule has 0 bridgehead atoms. The van der Waals surface area contributed by atoms with Crippen molar-refractivity contribution in [2.45, 2.75) is 0 Å². The molecule has 0 atom stereocenters. The van der Waals surface area contributed by atoms with Crippen LogP contribution in [-0.2, 0) is 0 Å². The van der Waals surface area contributed by atoms with Crippen LogP contribution in [0.2, 0.25) is 0 Å². The highest BCUT2D eigenvalue weighted by Crippen LogP contribution is 2.44. The van der Waals surface area contributed by atoms with Gasteiger partial charge in [0.05, 0.1) is 23.7 Å². The van der Waals surface area contributed by atoms with Crippen molar-refractivity contribution in [1.82, 2.24) is 4.57 Å². The van der Waals surface area contributed by atoms with E-state index in [0.29, 0.717) is 16.8 Å². The molecule has 35 heavy (non-hydrogen) atoms. The molecule has 3 nitrogen and oxygen atoms in total. The van der Waals surface area contributed by atoms with E-state index in [0.717, 1.165) is 44.2 Å². The van der Waals surface area contributed by atoms with Crippen molar-refractivity contribution in [2.75, 3.05) is 0 Å². The fraction of sp³-hybridized carbons (Fsp3) is 0. The Morgan fingerprint density at radius 2 is 1.40 bits per heavy atom. The third kappa shape index (κ3) is 3.27. The van der Waals surface area contributed by atoms with Gasteiger partial charge in [0.15, 0.2) is 5.69 Å². The molecule has 0 N–H and O–H groups in total. The Bertz CT molecular complexity index is 1770. The minimum atomic E-state index is 0.479. The van der Waals surface area contributed by atoms with Crippen molar-refractivity contribution >= 4 is 27.5 Å². The number of benzene rings is 5. The van der Waals surface area contributed by atoms with Crippen molar-refractivity contribution in [3.8, 4) is 34.0 Å². The molecular weight excluding hydrogens is 426 g/mol. The smallest absolute Gasteiger partial charge is 0.196 e. The van der Waals surface area contributed by atoms with Crippen LogP contribution in [0.5, 0.6) is 0 Å². The molecule has 5 aromatic carbocycles. The lowest BCUT2D eigenvalue weighted by molar-refractivity contribution is 1.18. The molecule has 0 spiro atoms. The minimum Gasteiger partial charge on any atom is -0.309 e. The molecule has 0 radical (unpaired) electrons. The van der Waals surface area contributed by atoms with Gasteiger partial charge in [-0.3, -0.25) is 0 Å². The molecule has 0 aliphatic carbocycles. The van der Waals surface area contributed by atoms with Crippen molar-refractivity contribution in [1.29, 1.82) is 5.26 Å². The largest absolute Gasteiger partial charge is 0.309 e. The topological polar surface area (TPSA) is 33.1 Å². The molecule has 0 saturated carbocycles. The van der Waals surface area contributed by atoms with E-state index in [1.165, 1.54) is 0 Å². The SMILES string of the molecule is [C-]#[N+]c1cccc(C#N)c1-c1cc(-c2ccccc2)cc2c1c1ccccc1n2-c1ccccc1. The van der Waals surface area contributed by atoms with Crippen molar-refractivity contribution in [3.63, 3.8) is 0 Å². The normalized spacial score (nSPS) is 10.8. The molecule has 6 aromatic rings. The molecule has 6 rings (SSSR count). The number of nitriles is 1. The Hall–Kier alpha value is -5.12. The molecule has 3 heteroatoms. The predicted molar refractivity (Wildman–Crippen MR) is 143 cm³/mol. The zero-order valence-electron chi connectivity index (χ0n) is 18.8. The monoisotopic (exact) mass is 445 g/mol. The third-order valence-corrected chi connectivity index (χ3v) is 6.45. The fourth-order valence-corrected chi connectivity index (χ4v) is 4.96. The van der Waals surface area contributed by atoms with Gasteiger partial charge < -0.3 is 4.57 Å². The summed E-state index contributed by atoms with van der Waals surface area (Å²) >= 11 is 0. The average Bonchev–Trinajstić information content (AvgIpc) is 3.27. The summed E-state index contributed by atoms with van der Waals surface area (Å²) in [5.41, 5.74) is 7.87. The predicted octanol–water partition coefficient (Wildman–Crippen LogP) is 8.54. The summed E-state index contributed by atoms with van der Waals surface area (Å²) in [6.07, 6.45) is 0. The fourth-order valence-electron chi connectivity index (χ4n) is 4.96. The van der Waals surface area contributed by atoms with E-state index in [4.69, 9.17) is 6.57 Å². The highest BCUT2D eigenvalue weighted by molar-refractivity contribution is 6.18. The molecule has 1 aromatic heterocycles. The Morgan fingerprint density at radius 1 is 0.686 bits per heavy atom. The number of nitrogens with zero attached hydrogens (tertiary/aromatic N) is 3. The standard InChI is InChI=1S/C32H19N3/c1-34-28-17-10-13-23(21-33)31(28)27-19-24(22-11-4-2-5-12-22)20-30-32(27)26-16-8-9-18-29(26)35(30)25-14-6-3-7-15-25/h2-20H. The van der Waals surface area contributed by atoms with E-state index < -0.39 is 0 Å². The first-order chi connectivity index (χ1) is 17.3. The average molecular weight is 446 g/mol. The maximum Gasteiger partial charge on any atom is 0.196 e. The van der Waals surface area contributed by atoms with Crippen molar-refractivity contribution < 1.29 is 0 Å². The summed E-state index contributed by atoms with van der Waals surface area (Å²) in [5.74, 6) is 0. The number of hydrogen-bond donors (Lipinski definition) is 0. The van der Waals surface area contributed by atoms with Crippen LogP contribution in [0.3, 0.4) is 0 Å². The highest BCUT2D eigenvalue weighted by Gasteiger charge is 2.21. The highest BCUT2D eigenvalue weighted by atomic mass is 15.0. The van der Waals surface area contributed by atoms with Crippen LogP contribution < -0.4 is 0 Å². The number of aromatic nitrogens is 1. The van der Waals surface area contributed by atoms with Crippen molar-refractivity contribution in [2.24, 2.45) is 0 Å². The van der Waals surface area contributed by atoms with E-state index in [1.807, 2.05) is 48.5 Å². The number of para-hydroxylation sites is 2. The van der Waals surface area contributed by atoms with Crippen molar-refractivity contribution in [3.05, 3.63) is 132 Å². The summed E-state index contributed by atoms with van der Waals surface area (Å²) in [5, 5.41) is 12.1. The van der Waals surface area contributed by atoms with Gasteiger partial charge in [0.2, 0.25) is 0 Å². The van der Waals surface area contributed by atoms with Crippen LogP contribution in [0.1, 0.15) is 5.56 Å². The Morgan fingerprint density at radius 3 is 2.14 bits per heavy atom. The lowest BCUT2D eigenvalue weighted by Gasteiger charge is -2.14. The number of hydrogen-bond acceptors (Lipinski definition) is 1. The van der Waals surface area contributed by atoms with Gasteiger partial charge in [-0.05, 0) is 53.1 Å². The number of rotatable bonds is 3. The first-order valence-corrected chi connectivity index (χ1v) is 11.4. The summed E-state index contributed by atoms with van der Waals surface area (Å²) in [4.78, 5) is 3.80.